The molecular formula is C10H10NO5S. The summed E-state index contributed by atoms with van der Waals surface area (Å²) >= 11 is 0. The molecule has 1 unspecified atom stereocenters. The molecule has 0 saturated carbocycles. The van der Waals surface area contributed by atoms with Gasteiger partial charge in [0, 0.05) is 0 Å². The molecule has 17 heavy (non-hydrogen) atoms. The third kappa shape index (κ3) is 3.66. The van der Waals surface area contributed by atoms with Gasteiger partial charge < -0.3 is 5.11 Å². The highest BCUT2D eigenvalue weighted by atomic mass is 32.2. The zero-order valence-corrected chi connectivity index (χ0v) is 9.39. The summed E-state index contributed by atoms with van der Waals surface area (Å²) in [5.74, 6) is -1.51. The van der Waals surface area contributed by atoms with Crippen LogP contribution >= 0.6 is 0 Å². The molecular weight excluding hydrogens is 246 g/mol. The van der Waals surface area contributed by atoms with Gasteiger partial charge in [-0.1, -0.05) is 30.3 Å². The summed E-state index contributed by atoms with van der Waals surface area (Å²) < 4.78 is 30.8. The largest absolute Gasteiger partial charge is 0.378 e. The van der Waals surface area contributed by atoms with Gasteiger partial charge in [-0.2, -0.15) is 8.42 Å². The van der Waals surface area contributed by atoms with E-state index in [1.807, 2.05) is 0 Å². The fourth-order valence-electron chi connectivity index (χ4n) is 1.14. The lowest BCUT2D eigenvalue weighted by molar-refractivity contribution is -0.124. The van der Waals surface area contributed by atoms with Crippen molar-refractivity contribution >= 4 is 22.1 Å². The minimum Gasteiger partial charge on any atom is -0.378 e. The smallest absolute Gasteiger partial charge is 0.293 e. The van der Waals surface area contributed by atoms with E-state index in [4.69, 9.17) is 10.3 Å². The van der Waals surface area contributed by atoms with Crippen LogP contribution in [0.5, 0.6) is 0 Å². The molecule has 1 radical (unpaired) electrons. The lowest BCUT2D eigenvalue weighted by atomic mass is 10.2. The van der Waals surface area contributed by atoms with E-state index in [1.54, 1.807) is 18.2 Å². The quantitative estimate of drug-likeness (QED) is 0.740. The van der Waals surface area contributed by atoms with Crippen molar-refractivity contribution in [2.75, 3.05) is 0 Å². The Morgan fingerprint density at radius 2 is 1.82 bits per heavy atom. The topological polar surface area (TPSA) is 115 Å². The average Bonchev–Trinajstić information content (AvgIpc) is 2.24. The van der Waals surface area contributed by atoms with Gasteiger partial charge in [0.25, 0.3) is 16.0 Å². The molecule has 3 N–H and O–H groups in total. The Labute approximate surface area is 98.1 Å². The van der Waals surface area contributed by atoms with E-state index < -0.39 is 27.0 Å². The summed E-state index contributed by atoms with van der Waals surface area (Å²) in [4.78, 5) is 9.71. The summed E-state index contributed by atoms with van der Waals surface area (Å²) in [5, 5.41) is 9.24. The zero-order valence-electron chi connectivity index (χ0n) is 8.57. The van der Waals surface area contributed by atoms with Crippen molar-refractivity contribution < 1.29 is 22.9 Å². The molecule has 0 saturated heterocycles. The third-order valence-electron chi connectivity index (χ3n) is 1.92. The van der Waals surface area contributed by atoms with Gasteiger partial charge in [0.2, 0.25) is 0 Å². The number of carbonyl (C=O) groups is 1. The van der Waals surface area contributed by atoms with Gasteiger partial charge in [0.15, 0.2) is 6.10 Å². The molecule has 0 aliphatic carbocycles. The highest BCUT2D eigenvalue weighted by molar-refractivity contribution is 7.90. The fourth-order valence-corrected chi connectivity index (χ4v) is 1.81. The SMILES string of the molecule is [NH]C(=O)C(O)C(=Cc1ccccc1)S(=O)(=O)O. The second kappa shape index (κ2) is 5.09. The van der Waals surface area contributed by atoms with Crippen LogP contribution < -0.4 is 5.73 Å². The molecule has 0 heterocycles. The van der Waals surface area contributed by atoms with E-state index in [1.165, 1.54) is 12.1 Å². The molecule has 0 fully saturated rings. The maximum Gasteiger partial charge on any atom is 0.293 e. The molecule has 0 aliphatic heterocycles. The van der Waals surface area contributed by atoms with Crippen molar-refractivity contribution in [3.05, 3.63) is 40.8 Å². The van der Waals surface area contributed by atoms with Crippen LogP contribution in [0.2, 0.25) is 0 Å². The number of benzene rings is 1. The van der Waals surface area contributed by atoms with Crippen LogP contribution in [0, 0.1) is 0 Å². The first-order chi connectivity index (χ1) is 7.82. The van der Waals surface area contributed by atoms with Gasteiger partial charge in [-0.3, -0.25) is 15.1 Å². The molecule has 1 aromatic carbocycles. The molecule has 0 spiro atoms. The van der Waals surface area contributed by atoms with Crippen LogP contribution in [0.1, 0.15) is 5.56 Å². The summed E-state index contributed by atoms with van der Waals surface area (Å²) in [7, 11) is -4.74. The van der Waals surface area contributed by atoms with Gasteiger partial charge in [-0.15, -0.1) is 0 Å². The Morgan fingerprint density at radius 1 is 1.29 bits per heavy atom. The van der Waals surface area contributed by atoms with E-state index in [0.29, 0.717) is 5.56 Å². The van der Waals surface area contributed by atoms with E-state index in [9.17, 15) is 18.3 Å². The van der Waals surface area contributed by atoms with E-state index in [-0.39, 0.29) is 0 Å². The van der Waals surface area contributed by atoms with Crippen molar-refractivity contribution in [2.24, 2.45) is 0 Å². The van der Waals surface area contributed by atoms with Crippen molar-refractivity contribution in [3.63, 3.8) is 0 Å². The molecule has 91 valence electrons. The number of hydrogen-bond donors (Lipinski definition) is 2. The van der Waals surface area contributed by atoms with Crippen molar-refractivity contribution in [2.45, 2.75) is 6.10 Å². The number of aliphatic hydroxyl groups is 1. The first kappa shape index (κ1) is 13.4. The lowest BCUT2D eigenvalue weighted by Crippen LogP contribution is -2.27. The Balaban J connectivity index is 3.26. The molecule has 1 rings (SSSR count). The van der Waals surface area contributed by atoms with Gasteiger partial charge in [0.1, 0.15) is 4.91 Å². The molecule has 7 heteroatoms. The Kier molecular flexibility index (Phi) is 4.00. The number of amides is 1. The van der Waals surface area contributed by atoms with Gasteiger partial charge in [0.05, 0.1) is 0 Å². The standard InChI is InChI=1S/C10H10NO5S/c11-10(13)9(12)8(17(14,15)16)6-7-4-2-1-3-5-7/h1-6,9,11-12H,(H,14,15,16). The maximum atomic E-state index is 11.0. The number of carbonyl (C=O) groups excluding carboxylic acids is 1. The molecule has 1 atom stereocenters. The molecule has 1 aromatic rings. The number of nitrogens with one attached hydrogen (secondary N) is 1. The third-order valence-corrected chi connectivity index (χ3v) is 2.86. The summed E-state index contributed by atoms with van der Waals surface area (Å²) in [5.41, 5.74) is 7.03. The van der Waals surface area contributed by atoms with Crippen molar-refractivity contribution in [1.29, 1.82) is 0 Å². The maximum absolute atomic E-state index is 11.0. The number of hydrogen-bond acceptors (Lipinski definition) is 4. The predicted octanol–water partition coefficient (Wildman–Crippen LogP) is 0.0857. The van der Waals surface area contributed by atoms with Crippen LogP contribution in [0.25, 0.3) is 6.08 Å². The Hall–Kier alpha value is -1.70. The van der Waals surface area contributed by atoms with Crippen LogP contribution in [0.4, 0.5) is 0 Å². The van der Waals surface area contributed by atoms with Crippen LogP contribution in [0.3, 0.4) is 0 Å². The minimum absolute atomic E-state index is 0.375. The molecule has 1 amide bonds. The van der Waals surface area contributed by atoms with E-state index in [2.05, 4.69) is 0 Å². The minimum atomic E-state index is -4.74. The first-order valence-corrected chi connectivity index (χ1v) is 5.94. The number of aliphatic hydroxyl groups excluding tert-OH is 1. The van der Waals surface area contributed by atoms with Crippen LogP contribution in [-0.2, 0) is 14.9 Å². The fraction of sp³-hybridized carbons (Fsp3) is 0.100. The molecule has 0 aromatic heterocycles. The van der Waals surface area contributed by atoms with E-state index in [0.717, 1.165) is 6.08 Å². The highest BCUT2D eigenvalue weighted by Gasteiger charge is 2.27. The normalized spacial score (nSPS) is 14.4. The van der Waals surface area contributed by atoms with E-state index >= 15 is 0 Å². The summed E-state index contributed by atoms with van der Waals surface area (Å²) in [6, 6.07) is 7.96. The number of rotatable bonds is 4. The molecule has 0 aliphatic rings. The summed E-state index contributed by atoms with van der Waals surface area (Å²) in [6.45, 7) is 0. The monoisotopic (exact) mass is 256 g/mol. The highest BCUT2D eigenvalue weighted by Crippen LogP contribution is 2.15. The van der Waals surface area contributed by atoms with Crippen LogP contribution in [-0.4, -0.2) is 30.1 Å². The lowest BCUT2D eigenvalue weighted by Gasteiger charge is -2.08. The second-order valence-electron chi connectivity index (χ2n) is 3.20. The zero-order chi connectivity index (χ0) is 13.1. The van der Waals surface area contributed by atoms with Crippen LogP contribution in [0.15, 0.2) is 35.2 Å². The van der Waals surface area contributed by atoms with Gasteiger partial charge >= 0.3 is 0 Å². The molecule has 0 bridgehead atoms. The van der Waals surface area contributed by atoms with Crippen molar-refractivity contribution in [3.8, 4) is 0 Å². The molecule has 6 nitrogen and oxygen atoms in total. The second-order valence-corrected chi connectivity index (χ2v) is 4.62. The summed E-state index contributed by atoms with van der Waals surface area (Å²) in [6.07, 6.45) is -1.25. The first-order valence-electron chi connectivity index (χ1n) is 4.50. The van der Waals surface area contributed by atoms with Gasteiger partial charge in [-0.25, -0.2) is 0 Å². The Morgan fingerprint density at radius 3 is 2.24 bits per heavy atom. The van der Waals surface area contributed by atoms with Gasteiger partial charge in [-0.05, 0) is 11.6 Å². The average molecular weight is 256 g/mol. The predicted molar refractivity (Wildman–Crippen MR) is 60.1 cm³/mol. The van der Waals surface area contributed by atoms with Crippen molar-refractivity contribution in [1.82, 2.24) is 5.73 Å². The Bertz CT molecular complexity index is 535.